The van der Waals surface area contributed by atoms with E-state index in [2.05, 4.69) is 99.3 Å². The molecule has 0 atom stereocenters. The largest absolute Gasteiger partial charge is 0.496 e. The van der Waals surface area contributed by atoms with Crippen molar-refractivity contribution < 1.29 is 9.47 Å². The molecule has 0 bridgehead atoms. The van der Waals surface area contributed by atoms with Crippen LogP contribution in [0.25, 0.3) is 33.6 Å². The van der Waals surface area contributed by atoms with Gasteiger partial charge in [-0.2, -0.15) is 0 Å². The number of nitrogens with one attached hydrogen (secondary N) is 2. The number of anilines is 2. The molecule has 4 aromatic carbocycles. The molecule has 298 valence electrons. The van der Waals surface area contributed by atoms with Crippen molar-refractivity contribution in [3.63, 3.8) is 0 Å². The van der Waals surface area contributed by atoms with E-state index in [4.69, 9.17) is 42.6 Å². The van der Waals surface area contributed by atoms with Crippen molar-refractivity contribution in [2.24, 2.45) is 0 Å². The summed E-state index contributed by atoms with van der Waals surface area (Å²) in [5.74, 6) is 1.38. The van der Waals surface area contributed by atoms with Gasteiger partial charge in [0.25, 0.3) is 0 Å². The zero-order valence-electron chi connectivity index (χ0n) is 33.1. The Labute approximate surface area is 352 Å². The Balaban J connectivity index is 0.934. The van der Waals surface area contributed by atoms with Crippen molar-refractivity contribution in [3.8, 4) is 45.3 Å². The number of nitrogens with zero attached hydrogens (tertiary/aromatic N) is 4. The van der Waals surface area contributed by atoms with Gasteiger partial charge in [0.05, 0.1) is 35.7 Å². The van der Waals surface area contributed by atoms with Gasteiger partial charge in [0, 0.05) is 102 Å². The maximum Gasteiger partial charge on any atom is 0.218 e. The first-order chi connectivity index (χ1) is 28.5. The zero-order valence-corrected chi connectivity index (χ0v) is 34.6. The standard InChI is InChI=1S/C48H50Cl2N6O2/c1-57-44-30-33(16-17-34(44)31-52-36-21-26-55(27-22-36)38-10-5-3-6-11-38)47-46(50)41(20-25-51-47)40-14-9-15-42(45(40)49)43-19-18-35(48(54-43)58-2)32-53-37-23-28-56(29-24-37)39-12-7-4-8-13-39/h3-20,25,30,36-37,52-53H,21-24,26-29,31-32H2,1-2H3. The van der Waals surface area contributed by atoms with Gasteiger partial charge >= 0.3 is 0 Å². The summed E-state index contributed by atoms with van der Waals surface area (Å²) in [6.07, 6.45) is 6.12. The molecule has 2 fully saturated rings. The number of para-hydroxylation sites is 2. The lowest BCUT2D eigenvalue weighted by Crippen LogP contribution is -2.42. The summed E-state index contributed by atoms with van der Waals surface area (Å²) in [5.41, 5.74) is 9.32. The molecule has 0 radical (unpaired) electrons. The third kappa shape index (κ3) is 8.96. The topological polar surface area (TPSA) is 74.8 Å². The van der Waals surface area contributed by atoms with Gasteiger partial charge < -0.3 is 29.9 Å². The Morgan fingerprint density at radius 2 is 1.17 bits per heavy atom. The van der Waals surface area contributed by atoms with Crippen molar-refractivity contribution in [2.45, 2.75) is 50.9 Å². The number of hydrogen-bond donors (Lipinski definition) is 2. The van der Waals surface area contributed by atoms with E-state index in [0.29, 0.717) is 46.8 Å². The van der Waals surface area contributed by atoms with E-state index < -0.39 is 0 Å². The Hall–Kier alpha value is -5.12. The highest BCUT2D eigenvalue weighted by molar-refractivity contribution is 6.39. The molecule has 6 aromatic rings. The number of piperidine rings is 2. The molecule has 2 saturated heterocycles. The molecule has 0 spiro atoms. The van der Waals surface area contributed by atoms with Gasteiger partial charge in [0.15, 0.2) is 0 Å². The van der Waals surface area contributed by atoms with Gasteiger partial charge in [-0.3, -0.25) is 4.98 Å². The van der Waals surface area contributed by atoms with Crippen LogP contribution >= 0.6 is 23.2 Å². The van der Waals surface area contributed by atoms with Crippen LogP contribution < -0.4 is 29.9 Å². The molecule has 2 aliphatic rings. The molecule has 2 N–H and O–H groups in total. The molecule has 58 heavy (non-hydrogen) atoms. The first-order valence-corrected chi connectivity index (χ1v) is 21.0. The lowest BCUT2D eigenvalue weighted by molar-refractivity contribution is 0.380. The summed E-state index contributed by atoms with van der Waals surface area (Å²) in [5, 5.41) is 8.58. The summed E-state index contributed by atoms with van der Waals surface area (Å²) < 4.78 is 11.7. The molecule has 0 saturated carbocycles. The quantitative estimate of drug-likeness (QED) is 0.119. The Kier molecular flexibility index (Phi) is 12.8. The molecule has 0 aliphatic carbocycles. The number of rotatable bonds is 13. The monoisotopic (exact) mass is 812 g/mol. The molecule has 2 aliphatic heterocycles. The fraction of sp³-hybridized carbons (Fsp3) is 0.292. The lowest BCUT2D eigenvalue weighted by Gasteiger charge is -2.34. The second kappa shape index (κ2) is 18.6. The van der Waals surface area contributed by atoms with Gasteiger partial charge in [-0.05, 0) is 68.1 Å². The van der Waals surface area contributed by atoms with Gasteiger partial charge in [0.2, 0.25) is 5.88 Å². The van der Waals surface area contributed by atoms with E-state index in [1.807, 2.05) is 36.4 Å². The van der Waals surface area contributed by atoms with Crippen LogP contribution in [0.5, 0.6) is 11.6 Å². The van der Waals surface area contributed by atoms with Gasteiger partial charge in [-0.15, -0.1) is 0 Å². The Bertz CT molecular complexity index is 2130. The van der Waals surface area contributed by atoms with Crippen LogP contribution in [0.1, 0.15) is 36.8 Å². The van der Waals surface area contributed by atoms with Gasteiger partial charge in [-0.1, -0.05) is 96.0 Å². The average molecular weight is 814 g/mol. The van der Waals surface area contributed by atoms with Crippen molar-refractivity contribution in [3.05, 3.63) is 143 Å². The molecular formula is C48H50Cl2N6O2. The molecule has 10 heteroatoms. The number of benzene rings is 4. The van der Waals surface area contributed by atoms with Crippen LogP contribution in [-0.4, -0.2) is 62.5 Å². The second-order valence-electron chi connectivity index (χ2n) is 15.0. The summed E-state index contributed by atoms with van der Waals surface area (Å²) in [6, 6.07) is 40.3. The molecule has 0 unspecified atom stereocenters. The first-order valence-electron chi connectivity index (χ1n) is 20.2. The summed E-state index contributed by atoms with van der Waals surface area (Å²) in [4.78, 5) is 14.6. The van der Waals surface area contributed by atoms with Gasteiger partial charge in [-0.25, -0.2) is 4.98 Å². The Morgan fingerprint density at radius 3 is 1.78 bits per heavy atom. The predicted octanol–water partition coefficient (Wildman–Crippen LogP) is 10.3. The minimum absolute atomic E-state index is 0.431. The predicted molar refractivity (Wildman–Crippen MR) is 238 cm³/mol. The molecule has 8 rings (SSSR count). The fourth-order valence-corrected chi connectivity index (χ4v) is 8.88. The van der Waals surface area contributed by atoms with Crippen molar-refractivity contribution in [1.82, 2.24) is 20.6 Å². The average Bonchev–Trinajstić information content (AvgIpc) is 3.29. The summed E-state index contributed by atoms with van der Waals surface area (Å²) in [7, 11) is 3.37. The minimum Gasteiger partial charge on any atom is -0.496 e. The van der Waals surface area contributed by atoms with Crippen molar-refractivity contribution >= 4 is 34.6 Å². The highest BCUT2D eigenvalue weighted by atomic mass is 35.5. The Morgan fingerprint density at radius 1 is 0.603 bits per heavy atom. The van der Waals surface area contributed by atoms with E-state index in [1.54, 1.807) is 20.4 Å². The van der Waals surface area contributed by atoms with Crippen LogP contribution in [0, 0.1) is 0 Å². The lowest BCUT2D eigenvalue weighted by atomic mass is 9.99. The SMILES string of the molecule is COc1cc(-c2nccc(-c3cccc(-c4ccc(CNC5CCN(c6ccccc6)CC5)c(OC)n4)c3Cl)c2Cl)ccc1CNC1CCN(c2ccccc2)CC1. The summed E-state index contributed by atoms with van der Waals surface area (Å²) >= 11 is 14.4. The molecule has 0 amide bonds. The van der Waals surface area contributed by atoms with Crippen LogP contribution in [0.15, 0.2) is 121 Å². The van der Waals surface area contributed by atoms with Crippen LogP contribution in [0.3, 0.4) is 0 Å². The van der Waals surface area contributed by atoms with E-state index >= 15 is 0 Å². The number of pyridine rings is 2. The van der Waals surface area contributed by atoms with E-state index in [0.717, 1.165) is 96.7 Å². The highest BCUT2D eigenvalue weighted by Crippen LogP contribution is 2.42. The number of hydrogen-bond acceptors (Lipinski definition) is 8. The van der Waals surface area contributed by atoms with E-state index in [9.17, 15) is 0 Å². The highest BCUT2D eigenvalue weighted by Gasteiger charge is 2.23. The van der Waals surface area contributed by atoms with E-state index in [1.165, 1.54) is 11.4 Å². The molecule has 2 aromatic heterocycles. The minimum atomic E-state index is 0.431. The number of ether oxygens (including phenoxy) is 2. The molecule has 8 nitrogen and oxygen atoms in total. The smallest absolute Gasteiger partial charge is 0.218 e. The fourth-order valence-electron chi connectivity index (χ4n) is 8.23. The molecular weight excluding hydrogens is 763 g/mol. The maximum atomic E-state index is 7.20. The second-order valence-corrected chi connectivity index (χ2v) is 15.8. The van der Waals surface area contributed by atoms with Crippen molar-refractivity contribution in [2.75, 3.05) is 50.2 Å². The maximum absolute atomic E-state index is 7.20. The first kappa shape index (κ1) is 39.7. The normalized spacial score (nSPS) is 15.1. The van der Waals surface area contributed by atoms with Crippen LogP contribution in [-0.2, 0) is 13.1 Å². The third-order valence-corrected chi connectivity index (χ3v) is 12.3. The zero-order chi connectivity index (χ0) is 39.8. The number of aromatic nitrogens is 2. The summed E-state index contributed by atoms with van der Waals surface area (Å²) in [6.45, 7) is 5.52. The van der Waals surface area contributed by atoms with Gasteiger partial charge in [0.1, 0.15) is 5.75 Å². The third-order valence-electron chi connectivity index (χ3n) is 11.5. The number of methoxy groups -OCH3 is 2. The number of halogens is 2. The van der Waals surface area contributed by atoms with Crippen molar-refractivity contribution in [1.29, 1.82) is 0 Å². The molecule has 4 heterocycles. The van der Waals surface area contributed by atoms with E-state index in [-0.39, 0.29) is 0 Å². The van der Waals surface area contributed by atoms with Crippen LogP contribution in [0.4, 0.5) is 11.4 Å². The van der Waals surface area contributed by atoms with Crippen LogP contribution in [0.2, 0.25) is 10.0 Å².